The van der Waals surface area contributed by atoms with Crippen LogP contribution in [0.3, 0.4) is 0 Å². The minimum atomic E-state index is 0.824. The van der Waals surface area contributed by atoms with Crippen molar-refractivity contribution in [2.45, 2.75) is 13.1 Å². The van der Waals surface area contributed by atoms with E-state index in [-0.39, 0.29) is 0 Å². The summed E-state index contributed by atoms with van der Waals surface area (Å²) in [6, 6.07) is 18.5. The number of hydrogen-bond donors (Lipinski definition) is 0. The Morgan fingerprint density at radius 2 is 1.56 bits per heavy atom. The summed E-state index contributed by atoms with van der Waals surface area (Å²) >= 11 is 0. The van der Waals surface area contributed by atoms with Crippen molar-refractivity contribution in [3.63, 3.8) is 0 Å². The fraction of sp³-hybridized carbons (Fsp3) is 0.333. The monoisotopic (exact) mass is 338 g/mol. The number of fused-ring (bicyclic) bond motifs is 1. The molecule has 0 spiro atoms. The summed E-state index contributed by atoms with van der Waals surface area (Å²) in [5, 5.41) is 1.17. The van der Waals surface area contributed by atoms with Crippen LogP contribution in [-0.2, 0) is 13.1 Å². The second-order valence-electron chi connectivity index (χ2n) is 6.57. The van der Waals surface area contributed by atoms with Gasteiger partial charge in [0.05, 0.1) is 13.7 Å². The van der Waals surface area contributed by atoms with E-state index in [9.17, 15) is 0 Å². The predicted molar refractivity (Wildman–Crippen MR) is 102 cm³/mol. The average Bonchev–Trinajstić information content (AvgIpc) is 3.03. The Hall–Kier alpha value is -2.30. The average molecular weight is 338 g/mol. The molecule has 0 aliphatic rings. The lowest BCUT2D eigenvalue weighted by Gasteiger charge is -2.21. The molecule has 0 amide bonds. The van der Waals surface area contributed by atoms with Crippen molar-refractivity contribution in [3.05, 3.63) is 65.9 Å². The first-order chi connectivity index (χ1) is 12.1. The second kappa shape index (κ2) is 8.19. The summed E-state index contributed by atoms with van der Waals surface area (Å²) in [5.41, 5.74) is 2.26. The van der Waals surface area contributed by atoms with Crippen LogP contribution in [0.25, 0.3) is 11.0 Å². The van der Waals surface area contributed by atoms with E-state index in [0.717, 1.165) is 43.3 Å². The Morgan fingerprint density at radius 3 is 2.24 bits per heavy atom. The molecule has 0 radical (unpaired) electrons. The van der Waals surface area contributed by atoms with Crippen molar-refractivity contribution in [1.82, 2.24) is 9.80 Å². The molecule has 2 aromatic carbocycles. The van der Waals surface area contributed by atoms with Crippen molar-refractivity contribution in [3.8, 4) is 5.75 Å². The van der Waals surface area contributed by atoms with E-state index in [4.69, 9.17) is 9.15 Å². The Labute approximate surface area is 149 Å². The van der Waals surface area contributed by atoms with Crippen LogP contribution in [0.2, 0.25) is 0 Å². The van der Waals surface area contributed by atoms with Gasteiger partial charge in [0.1, 0.15) is 17.1 Å². The van der Waals surface area contributed by atoms with Crippen LogP contribution in [0.1, 0.15) is 11.3 Å². The zero-order valence-corrected chi connectivity index (χ0v) is 15.2. The smallest absolute Gasteiger partial charge is 0.134 e. The molecule has 0 atom stereocenters. The molecule has 0 fully saturated rings. The fourth-order valence-electron chi connectivity index (χ4n) is 2.92. The Bertz CT molecular complexity index is 762. The molecule has 0 unspecified atom stereocenters. The van der Waals surface area contributed by atoms with Gasteiger partial charge in [0, 0.05) is 25.0 Å². The van der Waals surface area contributed by atoms with Gasteiger partial charge >= 0.3 is 0 Å². The van der Waals surface area contributed by atoms with E-state index < -0.39 is 0 Å². The van der Waals surface area contributed by atoms with Gasteiger partial charge in [0.2, 0.25) is 0 Å². The van der Waals surface area contributed by atoms with Gasteiger partial charge < -0.3 is 14.1 Å². The normalized spacial score (nSPS) is 11.6. The molecule has 0 bridgehead atoms. The standard InChI is InChI=1S/C21H26N2O2/c1-22(15-17-8-10-19(24-3)11-9-17)12-13-23(2)16-20-14-18-6-4-5-7-21(18)25-20/h4-11,14H,12-13,15-16H2,1-3H3. The zero-order valence-electron chi connectivity index (χ0n) is 15.2. The predicted octanol–water partition coefficient (Wildman–Crippen LogP) is 4.01. The number of para-hydroxylation sites is 1. The van der Waals surface area contributed by atoms with Gasteiger partial charge in [-0.1, -0.05) is 30.3 Å². The zero-order chi connectivity index (χ0) is 17.6. The lowest BCUT2D eigenvalue weighted by molar-refractivity contribution is 0.237. The Kier molecular flexibility index (Phi) is 5.74. The molecule has 132 valence electrons. The number of nitrogens with zero attached hydrogens (tertiary/aromatic N) is 2. The van der Waals surface area contributed by atoms with Gasteiger partial charge in [-0.2, -0.15) is 0 Å². The van der Waals surface area contributed by atoms with E-state index in [1.54, 1.807) is 7.11 Å². The maximum absolute atomic E-state index is 5.90. The molecule has 4 nitrogen and oxygen atoms in total. The van der Waals surface area contributed by atoms with E-state index in [0.29, 0.717) is 0 Å². The molecular formula is C21H26N2O2. The molecule has 0 aliphatic heterocycles. The highest BCUT2D eigenvalue weighted by Gasteiger charge is 2.08. The highest BCUT2D eigenvalue weighted by molar-refractivity contribution is 5.77. The summed E-state index contributed by atoms with van der Waals surface area (Å²) in [5.74, 6) is 1.92. The van der Waals surface area contributed by atoms with Crippen LogP contribution in [0.4, 0.5) is 0 Å². The SMILES string of the molecule is COc1ccc(CN(C)CCN(C)Cc2cc3ccccc3o2)cc1. The number of furan rings is 1. The molecule has 25 heavy (non-hydrogen) atoms. The van der Waals surface area contributed by atoms with Crippen molar-refractivity contribution in [2.24, 2.45) is 0 Å². The molecular weight excluding hydrogens is 312 g/mol. The summed E-state index contributed by atoms with van der Waals surface area (Å²) < 4.78 is 11.1. The number of ether oxygens (including phenoxy) is 1. The third-order valence-corrected chi connectivity index (χ3v) is 4.38. The van der Waals surface area contributed by atoms with E-state index in [2.05, 4.69) is 48.2 Å². The highest BCUT2D eigenvalue weighted by atomic mass is 16.5. The van der Waals surface area contributed by atoms with Gasteiger partial charge in [-0.15, -0.1) is 0 Å². The van der Waals surface area contributed by atoms with Gasteiger partial charge in [-0.05, 0) is 43.9 Å². The molecule has 0 N–H and O–H groups in total. The van der Waals surface area contributed by atoms with Crippen molar-refractivity contribution in [2.75, 3.05) is 34.3 Å². The van der Waals surface area contributed by atoms with Crippen LogP contribution in [0, 0.1) is 0 Å². The van der Waals surface area contributed by atoms with Crippen LogP contribution in [0.15, 0.2) is 59.0 Å². The third-order valence-electron chi connectivity index (χ3n) is 4.38. The minimum absolute atomic E-state index is 0.824. The number of likely N-dealkylation sites (N-methyl/N-ethyl adjacent to an activating group) is 2. The Balaban J connectivity index is 1.46. The van der Waals surface area contributed by atoms with Crippen molar-refractivity contribution in [1.29, 1.82) is 0 Å². The molecule has 1 aromatic heterocycles. The topological polar surface area (TPSA) is 28.9 Å². The summed E-state index contributed by atoms with van der Waals surface area (Å²) in [6.07, 6.45) is 0. The van der Waals surface area contributed by atoms with Gasteiger partial charge in [0.25, 0.3) is 0 Å². The third kappa shape index (κ3) is 4.84. The van der Waals surface area contributed by atoms with Crippen molar-refractivity contribution < 1.29 is 9.15 Å². The fourth-order valence-corrected chi connectivity index (χ4v) is 2.92. The molecule has 3 aromatic rings. The minimum Gasteiger partial charge on any atom is -0.497 e. The quantitative estimate of drug-likeness (QED) is 0.621. The summed E-state index contributed by atoms with van der Waals surface area (Å²) in [7, 11) is 5.98. The number of rotatable bonds is 8. The number of hydrogen-bond acceptors (Lipinski definition) is 4. The maximum atomic E-state index is 5.90. The first kappa shape index (κ1) is 17.5. The highest BCUT2D eigenvalue weighted by Crippen LogP contribution is 2.19. The second-order valence-corrected chi connectivity index (χ2v) is 6.57. The first-order valence-electron chi connectivity index (χ1n) is 8.61. The molecule has 3 rings (SSSR count). The van der Waals surface area contributed by atoms with Gasteiger partial charge in [0.15, 0.2) is 0 Å². The maximum Gasteiger partial charge on any atom is 0.134 e. The summed E-state index contributed by atoms with van der Waals surface area (Å²) in [6.45, 7) is 3.75. The molecule has 0 saturated heterocycles. The lowest BCUT2D eigenvalue weighted by atomic mass is 10.2. The van der Waals surface area contributed by atoms with Gasteiger partial charge in [-0.25, -0.2) is 0 Å². The lowest BCUT2D eigenvalue weighted by Crippen LogP contribution is -2.30. The van der Waals surface area contributed by atoms with Crippen LogP contribution in [0.5, 0.6) is 5.75 Å². The van der Waals surface area contributed by atoms with E-state index in [1.165, 1.54) is 10.9 Å². The Morgan fingerprint density at radius 1 is 0.880 bits per heavy atom. The van der Waals surface area contributed by atoms with E-state index in [1.807, 2.05) is 30.3 Å². The molecule has 0 aliphatic carbocycles. The largest absolute Gasteiger partial charge is 0.497 e. The summed E-state index contributed by atoms with van der Waals surface area (Å²) in [4.78, 5) is 4.62. The van der Waals surface area contributed by atoms with Crippen LogP contribution >= 0.6 is 0 Å². The number of benzene rings is 2. The van der Waals surface area contributed by atoms with Crippen LogP contribution in [-0.4, -0.2) is 44.1 Å². The van der Waals surface area contributed by atoms with Crippen molar-refractivity contribution >= 4 is 11.0 Å². The van der Waals surface area contributed by atoms with Gasteiger partial charge in [-0.3, -0.25) is 4.90 Å². The van der Waals surface area contributed by atoms with E-state index >= 15 is 0 Å². The van der Waals surface area contributed by atoms with Crippen LogP contribution < -0.4 is 4.74 Å². The first-order valence-corrected chi connectivity index (χ1v) is 8.61. The molecule has 0 saturated carbocycles. The number of methoxy groups -OCH3 is 1. The molecule has 4 heteroatoms. The molecule has 1 heterocycles.